The molecule has 3 rings (SSSR count). The van der Waals surface area contributed by atoms with Crippen molar-refractivity contribution in [2.75, 3.05) is 31.1 Å². The number of benzene rings is 2. The zero-order valence-electron chi connectivity index (χ0n) is 16.3. The van der Waals surface area contributed by atoms with Crippen molar-refractivity contribution in [2.24, 2.45) is 0 Å². The smallest absolute Gasteiger partial charge is 0.326 e. The molecule has 0 aliphatic carbocycles. The summed E-state index contributed by atoms with van der Waals surface area (Å²) in [6.45, 7) is 4.66. The van der Waals surface area contributed by atoms with Crippen molar-refractivity contribution >= 4 is 23.3 Å². The number of anilines is 2. The summed E-state index contributed by atoms with van der Waals surface area (Å²) in [4.78, 5) is 28.4. The molecule has 1 fully saturated rings. The van der Waals surface area contributed by atoms with Crippen LogP contribution in [-0.2, 0) is 19.1 Å². The molecular weight excluding hydrogens is 356 g/mol. The zero-order chi connectivity index (χ0) is 19.9. The topological polar surface area (TPSA) is 59.1 Å². The van der Waals surface area contributed by atoms with Gasteiger partial charge < -0.3 is 19.3 Å². The molecule has 1 heterocycles. The van der Waals surface area contributed by atoms with Crippen LogP contribution in [0.5, 0.6) is 0 Å². The van der Waals surface area contributed by atoms with Gasteiger partial charge in [-0.05, 0) is 38.1 Å². The summed E-state index contributed by atoms with van der Waals surface area (Å²) < 4.78 is 10.9. The van der Waals surface area contributed by atoms with Crippen molar-refractivity contribution in [3.63, 3.8) is 0 Å². The Morgan fingerprint density at radius 2 is 1.46 bits per heavy atom. The molecule has 0 aromatic heterocycles. The molecule has 1 aliphatic heterocycles. The summed E-state index contributed by atoms with van der Waals surface area (Å²) >= 11 is 0. The fourth-order valence-corrected chi connectivity index (χ4v) is 3.34. The third-order valence-corrected chi connectivity index (χ3v) is 4.55. The fraction of sp³-hybridized carbons (Fsp3) is 0.364. The first-order valence-corrected chi connectivity index (χ1v) is 9.49. The average molecular weight is 382 g/mol. The van der Waals surface area contributed by atoms with Crippen molar-refractivity contribution in [1.82, 2.24) is 4.90 Å². The molecule has 148 valence electrons. The van der Waals surface area contributed by atoms with Gasteiger partial charge in [-0.3, -0.25) is 9.59 Å². The van der Waals surface area contributed by atoms with E-state index < -0.39 is 5.97 Å². The highest BCUT2D eigenvalue weighted by molar-refractivity contribution is 5.84. The summed E-state index contributed by atoms with van der Waals surface area (Å²) in [5.74, 6) is -0.642. The molecule has 28 heavy (non-hydrogen) atoms. The molecule has 0 spiro atoms. The third kappa shape index (κ3) is 5.33. The van der Waals surface area contributed by atoms with E-state index in [1.165, 1.54) is 0 Å². The highest BCUT2D eigenvalue weighted by Crippen LogP contribution is 2.24. The number of esters is 1. The second-order valence-electron chi connectivity index (χ2n) is 6.97. The standard InChI is InChI=1S/C22H26N2O4/c1-17-13-23(14-18(2)28-17)21(25)16-27-22(26)15-24(19-9-5-3-6-10-19)20-11-7-4-8-12-20/h3-12,17-18H,13-16H2,1-2H3. The van der Waals surface area contributed by atoms with Crippen molar-refractivity contribution in [3.8, 4) is 0 Å². The van der Waals surface area contributed by atoms with E-state index in [2.05, 4.69) is 0 Å². The minimum absolute atomic E-state index is 0.0185. The summed E-state index contributed by atoms with van der Waals surface area (Å²) in [7, 11) is 0. The number of carbonyl (C=O) groups excluding carboxylic acids is 2. The molecule has 6 heteroatoms. The Morgan fingerprint density at radius 3 is 1.96 bits per heavy atom. The molecule has 0 bridgehead atoms. The van der Waals surface area contributed by atoms with E-state index in [0.717, 1.165) is 11.4 Å². The highest BCUT2D eigenvalue weighted by atomic mass is 16.5. The molecule has 1 aliphatic rings. The maximum Gasteiger partial charge on any atom is 0.326 e. The molecule has 0 radical (unpaired) electrons. The van der Waals surface area contributed by atoms with Crippen LogP contribution in [0.1, 0.15) is 13.8 Å². The molecule has 6 nitrogen and oxygen atoms in total. The van der Waals surface area contributed by atoms with Gasteiger partial charge in [0, 0.05) is 24.5 Å². The molecule has 2 atom stereocenters. The Labute approximate surface area is 165 Å². The molecular formula is C22H26N2O4. The third-order valence-electron chi connectivity index (χ3n) is 4.55. The number of para-hydroxylation sites is 2. The molecule has 2 unspecified atom stereocenters. The highest BCUT2D eigenvalue weighted by Gasteiger charge is 2.26. The predicted molar refractivity (Wildman–Crippen MR) is 107 cm³/mol. The number of carbonyl (C=O) groups is 2. The van der Waals surface area contributed by atoms with Gasteiger partial charge in [0.05, 0.1) is 12.2 Å². The lowest BCUT2D eigenvalue weighted by Crippen LogP contribution is -2.49. The monoisotopic (exact) mass is 382 g/mol. The van der Waals surface area contributed by atoms with Crippen LogP contribution < -0.4 is 4.90 Å². The average Bonchev–Trinajstić information content (AvgIpc) is 2.71. The van der Waals surface area contributed by atoms with Gasteiger partial charge in [0.2, 0.25) is 0 Å². The van der Waals surface area contributed by atoms with Crippen LogP contribution in [0.2, 0.25) is 0 Å². The number of morpholine rings is 1. The molecule has 2 aromatic rings. The lowest BCUT2D eigenvalue weighted by Gasteiger charge is -2.35. The molecule has 0 N–H and O–H groups in total. The van der Waals surface area contributed by atoms with E-state index in [0.29, 0.717) is 13.1 Å². The second kappa shape index (κ2) is 9.37. The maximum atomic E-state index is 12.5. The lowest BCUT2D eigenvalue weighted by molar-refractivity contribution is -0.156. The first kappa shape index (κ1) is 19.9. The van der Waals surface area contributed by atoms with Gasteiger partial charge in [0.1, 0.15) is 6.54 Å². The number of hydrogen-bond acceptors (Lipinski definition) is 5. The van der Waals surface area contributed by atoms with Gasteiger partial charge in [-0.25, -0.2) is 0 Å². The van der Waals surface area contributed by atoms with E-state index in [1.807, 2.05) is 79.4 Å². The Kier molecular flexibility index (Phi) is 6.66. The minimum atomic E-state index is -0.449. The summed E-state index contributed by atoms with van der Waals surface area (Å²) in [6.07, 6.45) is -0.0369. The number of rotatable bonds is 6. The molecule has 0 saturated carbocycles. The van der Waals surface area contributed by atoms with Crippen LogP contribution in [0, 0.1) is 0 Å². The van der Waals surface area contributed by atoms with E-state index in [-0.39, 0.29) is 31.3 Å². The van der Waals surface area contributed by atoms with Crippen molar-refractivity contribution in [1.29, 1.82) is 0 Å². The van der Waals surface area contributed by atoms with Gasteiger partial charge >= 0.3 is 5.97 Å². The van der Waals surface area contributed by atoms with Gasteiger partial charge in [0.15, 0.2) is 6.61 Å². The maximum absolute atomic E-state index is 12.5. The van der Waals surface area contributed by atoms with Crippen LogP contribution >= 0.6 is 0 Å². The zero-order valence-corrected chi connectivity index (χ0v) is 16.3. The van der Waals surface area contributed by atoms with Crippen LogP contribution in [-0.4, -0.2) is 55.2 Å². The van der Waals surface area contributed by atoms with Gasteiger partial charge in [-0.2, -0.15) is 0 Å². The first-order valence-electron chi connectivity index (χ1n) is 9.49. The Bertz CT molecular complexity index is 732. The van der Waals surface area contributed by atoms with Crippen LogP contribution in [0.15, 0.2) is 60.7 Å². The Balaban J connectivity index is 1.60. The summed E-state index contributed by atoms with van der Waals surface area (Å²) in [5, 5.41) is 0. The van der Waals surface area contributed by atoms with E-state index in [4.69, 9.17) is 9.47 Å². The summed E-state index contributed by atoms with van der Waals surface area (Å²) in [5.41, 5.74) is 1.76. The van der Waals surface area contributed by atoms with E-state index in [1.54, 1.807) is 4.90 Å². The SMILES string of the molecule is CC1CN(C(=O)COC(=O)CN(c2ccccc2)c2ccccc2)CC(C)O1. The van der Waals surface area contributed by atoms with Crippen molar-refractivity contribution in [2.45, 2.75) is 26.1 Å². The number of nitrogens with zero attached hydrogens (tertiary/aromatic N) is 2. The van der Waals surface area contributed by atoms with Crippen LogP contribution in [0.3, 0.4) is 0 Å². The van der Waals surface area contributed by atoms with Gasteiger partial charge in [-0.1, -0.05) is 36.4 Å². The predicted octanol–water partition coefficient (Wildman–Crippen LogP) is 3.00. The van der Waals surface area contributed by atoms with Crippen molar-refractivity contribution in [3.05, 3.63) is 60.7 Å². The van der Waals surface area contributed by atoms with E-state index >= 15 is 0 Å². The molecule has 2 aromatic carbocycles. The lowest BCUT2D eigenvalue weighted by atomic mass is 10.2. The Hall–Kier alpha value is -2.86. The minimum Gasteiger partial charge on any atom is -0.454 e. The van der Waals surface area contributed by atoms with Gasteiger partial charge in [0.25, 0.3) is 5.91 Å². The number of ether oxygens (including phenoxy) is 2. The second-order valence-corrected chi connectivity index (χ2v) is 6.97. The normalized spacial score (nSPS) is 19.1. The molecule has 1 amide bonds. The first-order chi connectivity index (χ1) is 13.5. The van der Waals surface area contributed by atoms with Crippen LogP contribution in [0.25, 0.3) is 0 Å². The number of hydrogen-bond donors (Lipinski definition) is 0. The van der Waals surface area contributed by atoms with Gasteiger partial charge in [-0.15, -0.1) is 0 Å². The summed E-state index contributed by atoms with van der Waals surface area (Å²) in [6, 6.07) is 19.2. The molecule has 1 saturated heterocycles. The quantitative estimate of drug-likeness (QED) is 0.719. The van der Waals surface area contributed by atoms with E-state index in [9.17, 15) is 9.59 Å². The Morgan fingerprint density at radius 1 is 0.964 bits per heavy atom. The largest absolute Gasteiger partial charge is 0.454 e. The van der Waals surface area contributed by atoms with Crippen molar-refractivity contribution < 1.29 is 19.1 Å². The van der Waals surface area contributed by atoms with Crippen LogP contribution in [0.4, 0.5) is 11.4 Å². The fourth-order valence-electron chi connectivity index (χ4n) is 3.34. The number of amides is 1.